The van der Waals surface area contributed by atoms with Crippen molar-refractivity contribution in [1.29, 1.82) is 0 Å². The van der Waals surface area contributed by atoms with Gasteiger partial charge in [-0.3, -0.25) is 0 Å². The molecule has 1 saturated heterocycles. The Morgan fingerprint density at radius 1 is 1.19 bits per heavy atom. The maximum Gasteiger partial charge on any atom is 0.115 e. The molecule has 0 atom stereocenters. The minimum absolute atomic E-state index is 0.380. The minimum Gasteiger partial charge on any atom is -0.385 e. The van der Waals surface area contributed by atoms with Crippen molar-refractivity contribution in [2.45, 2.75) is 19.5 Å². The zero-order valence-corrected chi connectivity index (χ0v) is 9.51. The lowest BCUT2D eigenvalue weighted by molar-refractivity contribution is 0.390. The molecule has 1 aromatic carbocycles. The van der Waals surface area contributed by atoms with Gasteiger partial charge >= 0.3 is 0 Å². The van der Waals surface area contributed by atoms with Crippen LogP contribution in [0.5, 0.6) is 0 Å². The molecule has 0 bridgehead atoms. The molecule has 1 aromatic rings. The van der Waals surface area contributed by atoms with Crippen molar-refractivity contribution in [3.8, 4) is 0 Å². The van der Waals surface area contributed by atoms with Gasteiger partial charge in [-0.2, -0.15) is 0 Å². The van der Waals surface area contributed by atoms with E-state index in [9.17, 15) is 4.39 Å². The summed E-state index contributed by atoms with van der Waals surface area (Å²) in [7, 11) is 0. The number of anilines is 1. The second-order valence-electron chi connectivity index (χ2n) is 4.40. The van der Waals surface area contributed by atoms with Gasteiger partial charge in [-0.15, -0.1) is 0 Å². The predicted molar refractivity (Wildman–Crippen MR) is 65.3 cm³/mol. The Kier molecular flexibility index (Phi) is 4.17. The number of alkyl halides is 1. The molecule has 1 heterocycles. The molecule has 0 radical (unpaired) electrons. The molecule has 16 heavy (non-hydrogen) atoms. The molecule has 0 unspecified atom stereocenters. The summed E-state index contributed by atoms with van der Waals surface area (Å²) in [5.41, 5.74) is 1.84. The number of benzene rings is 1. The first-order valence-electron chi connectivity index (χ1n) is 5.98. The fourth-order valence-electron chi connectivity index (χ4n) is 2.06. The van der Waals surface area contributed by atoms with Crippen LogP contribution in [0.25, 0.3) is 0 Å². The van der Waals surface area contributed by atoms with E-state index in [0.29, 0.717) is 0 Å². The van der Waals surface area contributed by atoms with E-state index in [0.717, 1.165) is 36.8 Å². The molecule has 1 aliphatic heterocycles. The Balaban J connectivity index is 1.79. The summed E-state index contributed by atoms with van der Waals surface area (Å²) < 4.78 is 12.3. The van der Waals surface area contributed by atoms with Gasteiger partial charge in [0.1, 0.15) is 6.67 Å². The lowest BCUT2D eigenvalue weighted by Crippen LogP contribution is -2.31. The van der Waals surface area contributed by atoms with E-state index < -0.39 is 0 Å². The molecule has 0 aromatic heterocycles. The number of hydrogen-bond donors (Lipinski definition) is 2. The highest BCUT2D eigenvalue weighted by atomic mass is 19.1. The first kappa shape index (κ1) is 11.4. The number of nitrogens with one attached hydrogen (secondary N) is 2. The molecular formula is C13H19FN2. The monoisotopic (exact) mass is 222 g/mol. The third-order valence-electron chi connectivity index (χ3n) is 3.16. The van der Waals surface area contributed by atoms with E-state index in [1.54, 1.807) is 0 Å². The Labute approximate surface area is 96.2 Å². The van der Waals surface area contributed by atoms with Crippen LogP contribution in [0.4, 0.5) is 10.1 Å². The van der Waals surface area contributed by atoms with Crippen molar-refractivity contribution in [2.75, 3.05) is 25.0 Å². The maximum absolute atomic E-state index is 12.3. The van der Waals surface area contributed by atoms with E-state index in [1.165, 1.54) is 12.8 Å². The molecule has 1 fully saturated rings. The molecule has 0 saturated carbocycles. The summed E-state index contributed by atoms with van der Waals surface area (Å²) in [4.78, 5) is 0. The van der Waals surface area contributed by atoms with Gasteiger partial charge in [0.05, 0.1) is 0 Å². The average molecular weight is 222 g/mol. The molecule has 0 aliphatic carbocycles. The lowest BCUT2D eigenvalue weighted by Gasteiger charge is -2.23. The van der Waals surface area contributed by atoms with E-state index in [2.05, 4.69) is 10.6 Å². The largest absolute Gasteiger partial charge is 0.385 e. The van der Waals surface area contributed by atoms with E-state index in [1.807, 2.05) is 24.3 Å². The van der Waals surface area contributed by atoms with Gasteiger partial charge in [-0.25, -0.2) is 4.39 Å². The first-order valence-corrected chi connectivity index (χ1v) is 5.98. The summed E-state index contributed by atoms with van der Waals surface area (Å²) in [6.07, 6.45) is 2.49. The van der Waals surface area contributed by atoms with Crippen LogP contribution in [-0.2, 0) is 6.67 Å². The van der Waals surface area contributed by atoms with Crippen LogP contribution in [0.15, 0.2) is 24.3 Å². The molecular weight excluding hydrogens is 203 g/mol. The van der Waals surface area contributed by atoms with Gasteiger partial charge < -0.3 is 10.6 Å². The van der Waals surface area contributed by atoms with E-state index >= 15 is 0 Å². The minimum atomic E-state index is -0.380. The van der Waals surface area contributed by atoms with Crippen LogP contribution < -0.4 is 10.6 Å². The van der Waals surface area contributed by atoms with Gasteiger partial charge in [0.2, 0.25) is 0 Å². The topological polar surface area (TPSA) is 24.1 Å². The van der Waals surface area contributed by atoms with Gasteiger partial charge in [0, 0.05) is 12.2 Å². The van der Waals surface area contributed by atoms with Crippen LogP contribution in [0, 0.1) is 5.92 Å². The summed E-state index contributed by atoms with van der Waals surface area (Å²) in [5, 5.41) is 6.77. The Bertz CT molecular complexity index is 304. The number of piperidine rings is 1. The zero-order valence-electron chi connectivity index (χ0n) is 9.51. The molecule has 2 N–H and O–H groups in total. The molecule has 88 valence electrons. The van der Waals surface area contributed by atoms with Crippen molar-refractivity contribution in [3.05, 3.63) is 29.8 Å². The second-order valence-corrected chi connectivity index (χ2v) is 4.40. The number of halogens is 1. The highest BCUT2D eigenvalue weighted by molar-refractivity contribution is 5.44. The van der Waals surface area contributed by atoms with Crippen LogP contribution in [0.1, 0.15) is 18.4 Å². The smallest absolute Gasteiger partial charge is 0.115 e. The van der Waals surface area contributed by atoms with Crippen LogP contribution in [0.3, 0.4) is 0 Å². The van der Waals surface area contributed by atoms with Crippen molar-refractivity contribution < 1.29 is 4.39 Å². The van der Waals surface area contributed by atoms with Crippen LogP contribution >= 0.6 is 0 Å². The standard InChI is InChI=1S/C13H19FN2/c14-9-11-1-3-13(4-2-11)16-10-12-5-7-15-8-6-12/h1-4,12,15-16H,5-10H2. The SMILES string of the molecule is FCc1ccc(NCC2CCNCC2)cc1. The summed E-state index contributed by atoms with van der Waals surface area (Å²) in [5.74, 6) is 0.766. The van der Waals surface area contributed by atoms with Crippen molar-refractivity contribution in [3.63, 3.8) is 0 Å². The maximum atomic E-state index is 12.3. The third-order valence-corrected chi connectivity index (χ3v) is 3.16. The highest BCUT2D eigenvalue weighted by Gasteiger charge is 2.12. The van der Waals surface area contributed by atoms with E-state index in [-0.39, 0.29) is 6.67 Å². The normalized spacial score (nSPS) is 17.3. The highest BCUT2D eigenvalue weighted by Crippen LogP contribution is 2.15. The molecule has 1 aliphatic rings. The summed E-state index contributed by atoms with van der Waals surface area (Å²) in [6.45, 7) is 2.91. The third kappa shape index (κ3) is 3.20. The first-order chi connectivity index (χ1) is 7.88. The van der Waals surface area contributed by atoms with Gasteiger partial charge in [-0.1, -0.05) is 12.1 Å². The van der Waals surface area contributed by atoms with Crippen molar-refractivity contribution in [2.24, 2.45) is 5.92 Å². The quantitative estimate of drug-likeness (QED) is 0.818. The van der Waals surface area contributed by atoms with E-state index in [4.69, 9.17) is 0 Å². The lowest BCUT2D eigenvalue weighted by atomic mass is 9.98. The predicted octanol–water partition coefficient (Wildman–Crippen LogP) is 2.57. The fraction of sp³-hybridized carbons (Fsp3) is 0.538. The fourth-order valence-corrected chi connectivity index (χ4v) is 2.06. The Morgan fingerprint density at radius 2 is 1.88 bits per heavy atom. The summed E-state index contributed by atoms with van der Waals surface area (Å²) in [6, 6.07) is 7.58. The van der Waals surface area contributed by atoms with Gasteiger partial charge in [-0.05, 0) is 49.5 Å². The van der Waals surface area contributed by atoms with Crippen LogP contribution in [0.2, 0.25) is 0 Å². The summed E-state index contributed by atoms with van der Waals surface area (Å²) >= 11 is 0. The average Bonchev–Trinajstić information content (AvgIpc) is 2.38. The number of rotatable bonds is 4. The Morgan fingerprint density at radius 3 is 2.50 bits per heavy atom. The molecule has 0 spiro atoms. The Hall–Kier alpha value is -1.09. The second kappa shape index (κ2) is 5.85. The molecule has 2 rings (SSSR count). The van der Waals surface area contributed by atoms with Crippen LogP contribution in [-0.4, -0.2) is 19.6 Å². The van der Waals surface area contributed by atoms with Crippen molar-refractivity contribution >= 4 is 5.69 Å². The molecule has 0 amide bonds. The van der Waals surface area contributed by atoms with Gasteiger partial charge in [0.25, 0.3) is 0 Å². The van der Waals surface area contributed by atoms with Gasteiger partial charge in [0.15, 0.2) is 0 Å². The molecule has 3 heteroatoms. The zero-order chi connectivity index (χ0) is 11.2. The number of hydrogen-bond acceptors (Lipinski definition) is 2. The molecule has 2 nitrogen and oxygen atoms in total. The van der Waals surface area contributed by atoms with Crippen molar-refractivity contribution in [1.82, 2.24) is 5.32 Å².